The Labute approximate surface area is 123 Å². The van der Waals surface area contributed by atoms with E-state index in [0.29, 0.717) is 6.07 Å². The molecule has 0 spiro atoms. The van der Waals surface area contributed by atoms with Gasteiger partial charge in [0.05, 0.1) is 5.56 Å². The lowest BCUT2D eigenvalue weighted by atomic mass is 10.1. The van der Waals surface area contributed by atoms with Gasteiger partial charge in [0, 0.05) is 17.6 Å². The second-order valence-corrected chi connectivity index (χ2v) is 5.08. The van der Waals surface area contributed by atoms with Crippen LogP contribution in [0.25, 0.3) is 0 Å². The Morgan fingerprint density at radius 2 is 1.67 bits per heavy atom. The summed E-state index contributed by atoms with van der Waals surface area (Å²) < 4.78 is 76.4. The first kappa shape index (κ1) is 17.9. The third-order valence-electron chi connectivity index (χ3n) is 2.85. The minimum absolute atomic E-state index is 0.136. The lowest BCUT2D eigenvalue weighted by Gasteiger charge is -2.30. The molecule has 0 bridgehead atoms. The van der Waals surface area contributed by atoms with E-state index in [1.807, 2.05) is 0 Å². The molecule has 0 aliphatic rings. The van der Waals surface area contributed by atoms with Crippen molar-refractivity contribution >= 4 is 17.3 Å². The van der Waals surface area contributed by atoms with Gasteiger partial charge in [-0.1, -0.05) is 6.07 Å². The molecule has 1 aromatic carbocycles. The van der Waals surface area contributed by atoms with Crippen LogP contribution in [0.5, 0.6) is 0 Å². The lowest BCUT2D eigenvalue weighted by Crippen LogP contribution is -2.39. The zero-order valence-corrected chi connectivity index (χ0v) is 12.1. The fourth-order valence-electron chi connectivity index (χ4n) is 1.89. The second-order valence-electron chi connectivity index (χ2n) is 4.81. The number of halogens is 7. The van der Waals surface area contributed by atoms with E-state index in [2.05, 4.69) is 0 Å². The predicted molar refractivity (Wildman–Crippen MR) is 69.5 cm³/mol. The number of hydrogen-bond acceptors (Lipinski definition) is 1. The number of benzene rings is 1. The highest BCUT2D eigenvalue weighted by atomic mass is 35.5. The van der Waals surface area contributed by atoms with Gasteiger partial charge in [0.15, 0.2) is 0 Å². The molecule has 1 nitrogen and oxygen atoms in total. The molecule has 0 saturated heterocycles. The predicted octanol–water partition coefficient (Wildman–Crippen LogP) is 5.22. The van der Waals surface area contributed by atoms with E-state index >= 15 is 0 Å². The molecule has 1 aromatic rings. The normalized spacial score (nSPS) is 12.9. The maximum Gasteiger partial charge on any atom is 0.416 e. The Balaban J connectivity index is 3.28. The van der Waals surface area contributed by atoms with Crippen LogP contribution in [0, 0.1) is 0 Å². The van der Waals surface area contributed by atoms with E-state index in [9.17, 15) is 26.3 Å². The van der Waals surface area contributed by atoms with Crippen LogP contribution in [0.1, 0.15) is 25.0 Å². The van der Waals surface area contributed by atoms with Crippen molar-refractivity contribution in [2.45, 2.75) is 38.1 Å². The van der Waals surface area contributed by atoms with Crippen molar-refractivity contribution in [1.82, 2.24) is 0 Å². The molecule has 0 saturated carbocycles. The monoisotopic (exact) mass is 333 g/mol. The van der Waals surface area contributed by atoms with Gasteiger partial charge in [-0.05, 0) is 31.5 Å². The molecule has 120 valence electrons. The van der Waals surface area contributed by atoms with E-state index in [1.165, 1.54) is 19.9 Å². The summed E-state index contributed by atoms with van der Waals surface area (Å²) in [5.41, 5.74) is -1.31. The van der Waals surface area contributed by atoms with Crippen molar-refractivity contribution in [3.05, 3.63) is 29.3 Å². The summed E-state index contributed by atoms with van der Waals surface area (Å²) in [4.78, 5) is 0.868. The summed E-state index contributed by atoms with van der Waals surface area (Å²) in [5.74, 6) is -0.365. The van der Waals surface area contributed by atoms with Gasteiger partial charge >= 0.3 is 12.4 Å². The van der Waals surface area contributed by atoms with Crippen LogP contribution >= 0.6 is 11.6 Å². The highest BCUT2D eigenvalue weighted by molar-refractivity contribution is 6.17. The zero-order valence-electron chi connectivity index (χ0n) is 11.3. The van der Waals surface area contributed by atoms with E-state index in [-0.39, 0.29) is 17.1 Å². The molecule has 21 heavy (non-hydrogen) atoms. The van der Waals surface area contributed by atoms with Crippen molar-refractivity contribution in [2.24, 2.45) is 0 Å². The van der Waals surface area contributed by atoms with E-state index in [0.717, 1.165) is 11.0 Å². The van der Waals surface area contributed by atoms with Gasteiger partial charge in [-0.25, -0.2) is 0 Å². The first-order valence-electron chi connectivity index (χ1n) is 6.05. The van der Waals surface area contributed by atoms with E-state index in [1.54, 1.807) is 0 Å². The van der Waals surface area contributed by atoms with Crippen LogP contribution in [0.15, 0.2) is 18.2 Å². The summed E-state index contributed by atoms with van der Waals surface area (Å²) in [5, 5.41) is 0. The SMILES string of the molecule is CC(C)N(CC(F)(F)F)c1ccc(CCl)c(C(F)(F)F)c1. The maximum absolute atomic E-state index is 12.9. The fraction of sp³-hybridized carbons (Fsp3) is 0.538. The molecule has 0 aliphatic heterocycles. The standard InChI is InChI=1S/C13H14ClF6N/c1-8(2)21(7-12(15,16)17)10-4-3-9(6-14)11(5-10)13(18,19)20/h3-5,8H,6-7H2,1-2H3. The first-order chi connectivity index (χ1) is 9.45. The molecule has 8 heteroatoms. The third-order valence-corrected chi connectivity index (χ3v) is 3.14. The van der Waals surface area contributed by atoms with Crippen molar-refractivity contribution in [2.75, 3.05) is 11.4 Å². The number of hydrogen-bond donors (Lipinski definition) is 0. The summed E-state index contributed by atoms with van der Waals surface area (Å²) in [6.45, 7) is 1.64. The van der Waals surface area contributed by atoms with Crippen LogP contribution in [-0.4, -0.2) is 18.8 Å². The van der Waals surface area contributed by atoms with Crippen LogP contribution < -0.4 is 4.90 Å². The molecule has 0 N–H and O–H groups in total. The Kier molecular flexibility index (Phi) is 5.41. The molecule has 1 rings (SSSR count). The van der Waals surface area contributed by atoms with E-state index in [4.69, 9.17) is 11.6 Å². The molecule has 0 radical (unpaired) electrons. The van der Waals surface area contributed by atoms with Gasteiger partial charge in [-0.15, -0.1) is 11.6 Å². The topological polar surface area (TPSA) is 3.24 Å². The second kappa shape index (κ2) is 6.34. The molecule has 0 aromatic heterocycles. The smallest absolute Gasteiger partial charge is 0.360 e. The fourth-order valence-corrected chi connectivity index (χ4v) is 2.12. The molecule has 0 fully saturated rings. The highest BCUT2D eigenvalue weighted by Gasteiger charge is 2.36. The zero-order chi connectivity index (χ0) is 16.4. The van der Waals surface area contributed by atoms with Crippen molar-refractivity contribution in [3.63, 3.8) is 0 Å². The van der Waals surface area contributed by atoms with Gasteiger partial charge in [-0.3, -0.25) is 0 Å². The average molecular weight is 334 g/mol. The summed E-state index contributed by atoms with van der Waals surface area (Å²) in [6.07, 6.45) is -9.17. The largest absolute Gasteiger partial charge is 0.416 e. The third kappa shape index (κ3) is 4.98. The van der Waals surface area contributed by atoms with Gasteiger partial charge in [0.25, 0.3) is 0 Å². The van der Waals surface area contributed by atoms with Crippen LogP contribution in [-0.2, 0) is 12.1 Å². The Morgan fingerprint density at radius 1 is 1.10 bits per heavy atom. The first-order valence-corrected chi connectivity index (χ1v) is 6.58. The van der Waals surface area contributed by atoms with E-state index < -0.39 is 30.5 Å². The lowest BCUT2D eigenvalue weighted by molar-refractivity contribution is -0.138. The number of nitrogens with zero attached hydrogens (tertiary/aromatic N) is 1. The Hall–Kier alpha value is -1.11. The molecular weight excluding hydrogens is 320 g/mol. The Bertz CT molecular complexity index is 481. The minimum Gasteiger partial charge on any atom is -0.360 e. The van der Waals surface area contributed by atoms with Gasteiger partial charge < -0.3 is 4.90 Å². The highest BCUT2D eigenvalue weighted by Crippen LogP contribution is 2.36. The molecule has 0 aliphatic carbocycles. The van der Waals surface area contributed by atoms with Crippen molar-refractivity contribution in [1.29, 1.82) is 0 Å². The summed E-state index contributed by atoms with van der Waals surface area (Å²) in [6, 6.07) is 2.44. The summed E-state index contributed by atoms with van der Waals surface area (Å²) in [7, 11) is 0. The van der Waals surface area contributed by atoms with Crippen molar-refractivity contribution in [3.8, 4) is 0 Å². The van der Waals surface area contributed by atoms with Crippen LogP contribution in [0.4, 0.5) is 32.0 Å². The minimum atomic E-state index is -4.67. The van der Waals surface area contributed by atoms with Crippen molar-refractivity contribution < 1.29 is 26.3 Å². The average Bonchev–Trinajstić information content (AvgIpc) is 2.33. The molecule has 0 heterocycles. The number of rotatable bonds is 4. The van der Waals surface area contributed by atoms with Crippen LogP contribution in [0.2, 0.25) is 0 Å². The molecule has 0 atom stereocenters. The van der Waals surface area contributed by atoms with Crippen LogP contribution in [0.3, 0.4) is 0 Å². The molecule has 0 unspecified atom stereocenters. The molecule has 0 amide bonds. The number of alkyl halides is 7. The van der Waals surface area contributed by atoms with Gasteiger partial charge in [0.1, 0.15) is 6.54 Å². The quantitative estimate of drug-likeness (QED) is 0.539. The van der Waals surface area contributed by atoms with Gasteiger partial charge in [0.2, 0.25) is 0 Å². The number of anilines is 1. The van der Waals surface area contributed by atoms with Gasteiger partial charge in [-0.2, -0.15) is 26.3 Å². The Morgan fingerprint density at radius 3 is 2.05 bits per heavy atom. The maximum atomic E-state index is 12.9. The molecular formula is C13H14ClF6N. The summed E-state index contributed by atoms with van der Waals surface area (Å²) >= 11 is 5.45.